The van der Waals surface area contributed by atoms with Crippen molar-refractivity contribution in [3.8, 4) is 0 Å². The molecule has 0 aliphatic carbocycles. The van der Waals surface area contributed by atoms with E-state index < -0.39 is 5.97 Å². The zero-order valence-corrected chi connectivity index (χ0v) is 11.5. The molecule has 2 nitrogen and oxygen atoms in total. The van der Waals surface area contributed by atoms with Gasteiger partial charge in [-0.1, -0.05) is 67.1 Å². The third kappa shape index (κ3) is 6.41. The van der Waals surface area contributed by atoms with E-state index in [4.69, 9.17) is 5.11 Å². The molecular formula is C17H20O2. The van der Waals surface area contributed by atoms with Crippen molar-refractivity contribution in [3.63, 3.8) is 0 Å². The van der Waals surface area contributed by atoms with Crippen LogP contribution in [0.3, 0.4) is 0 Å². The molecule has 0 bridgehead atoms. The number of carboxylic acids is 1. The first kappa shape index (κ1) is 15.0. The Morgan fingerprint density at radius 2 is 1.53 bits per heavy atom. The lowest BCUT2D eigenvalue weighted by Gasteiger charge is -1.96. The van der Waals surface area contributed by atoms with Gasteiger partial charge >= 0.3 is 5.97 Å². The molecule has 2 aromatic rings. The fourth-order valence-corrected chi connectivity index (χ4v) is 1.59. The summed E-state index contributed by atoms with van der Waals surface area (Å²) < 4.78 is 0. The quantitative estimate of drug-likeness (QED) is 0.905. The predicted octanol–water partition coefficient (Wildman–Crippen LogP) is 3.87. The summed E-state index contributed by atoms with van der Waals surface area (Å²) in [4.78, 5) is 10.3. The van der Waals surface area contributed by atoms with Crippen LogP contribution < -0.4 is 0 Å². The molecule has 0 saturated carbocycles. The van der Waals surface area contributed by atoms with E-state index in [2.05, 4.69) is 31.2 Å². The molecule has 0 heterocycles. The Balaban J connectivity index is 0.000000200. The average Bonchev–Trinajstić information content (AvgIpc) is 2.42. The van der Waals surface area contributed by atoms with Gasteiger partial charge in [0.2, 0.25) is 0 Å². The van der Waals surface area contributed by atoms with Crippen LogP contribution in [0.4, 0.5) is 0 Å². The van der Waals surface area contributed by atoms with Crippen molar-refractivity contribution >= 4 is 5.97 Å². The normalized spacial score (nSPS) is 9.37. The Hall–Kier alpha value is -2.09. The number of carboxylic acid groups (broad SMARTS) is 1. The van der Waals surface area contributed by atoms with E-state index >= 15 is 0 Å². The number of carbonyl (C=O) groups is 1. The Labute approximate surface area is 114 Å². The summed E-state index contributed by atoms with van der Waals surface area (Å²) in [7, 11) is 0. The fourth-order valence-electron chi connectivity index (χ4n) is 1.59. The van der Waals surface area contributed by atoms with E-state index in [1.165, 1.54) is 5.56 Å². The highest BCUT2D eigenvalue weighted by Crippen LogP contribution is 2.03. The van der Waals surface area contributed by atoms with Crippen LogP contribution >= 0.6 is 0 Å². The van der Waals surface area contributed by atoms with Gasteiger partial charge in [0, 0.05) is 0 Å². The first-order chi connectivity index (χ1) is 9.11. The highest BCUT2D eigenvalue weighted by Gasteiger charge is 1.97. The van der Waals surface area contributed by atoms with Crippen LogP contribution in [0.15, 0.2) is 54.6 Å². The van der Waals surface area contributed by atoms with Crippen LogP contribution in [-0.2, 0) is 17.6 Å². The molecule has 0 aromatic heterocycles. The van der Waals surface area contributed by atoms with Gasteiger partial charge in [-0.15, -0.1) is 0 Å². The van der Waals surface area contributed by atoms with Crippen LogP contribution in [0.5, 0.6) is 0 Å². The van der Waals surface area contributed by atoms with Crippen LogP contribution in [0.2, 0.25) is 0 Å². The Bertz CT molecular complexity index is 486. The molecule has 19 heavy (non-hydrogen) atoms. The first-order valence-electron chi connectivity index (χ1n) is 6.43. The second-order valence-corrected chi connectivity index (χ2v) is 4.40. The van der Waals surface area contributed by atoms with Crippen molar-refractivity contribution in [3.05, 3.63) is 71.3 Å². The van der Waals surface area contributed by atoms with Gasteiger partial charge in [0.05, 0.1) is 6.42 Å². The molecular weight excluding hydrogens is 236 g/mol. The number of rotatable bonds is 3. The molecule has 2 heteroatoms. The van der Waals surface area contributed by atoms with Crippen LogP contribution in [0, 0.1) is 6.92 Å². The monoisotopic (exact) mass is 256 g/mol. The average molecular weight is 256 g/mol. The second kappa shape index (κ2) is 8.09. The second-order valence-electron chi connectivity index (χ2n) is 4.40. The van der Waals surface area contributed by atoms with Crippen molar-refractivity contribution < 1.29 is 9.90 Å². The van der Waals surface area contributed by atoms with E-state index in [1.807, 2.05) is 37.3 Å². The Morgan fingerprint density at radius 3 is 1.95 bits per heavy atom. The lowest BCUT2D eigenvalue weighted by Crippen LogP contribution is -1.99. The van der Waals surface area contributed by atoms with E-state index in [0.29, 0.717) is 0 Å². The van der Waals surface area contributed by atoms with Crippen molar-refractivity contribution in [2.45, 2.75) is 26.7 Å². The highest BCUT2D eigenvalue weighted by molar-refractivity contribution is 5.70. The van der Waals surface area contributed by atoms with Gasteiger partial charge in [-0.3, -0.25) is 4.79 Å². The zero-order chi connectivity index (χ0) is 14.1. The summed E-state index contributed by atoms with van der Waals surface area (Å²) in [6.07, 6.45) is 1.25. The number of aliphatic carboxylic acids is 1. The molecule has 0 unspecified atom stereocenters. The highest BCUT2D eigenvalue weighted by atomic mass is 16.4. The minimum Gasteiger partial charge on any atom is -0.481 e. The molecule has 2 aromatic carbocycles. The minimum atomic E-state index is -0.783. The van der Waals surface area contributed by atoms with Gasteiger partial charge in [0.25, 0.3) is 0 Å². The number of benzene rings is 2. The summed E-state index contributed by atoms with van der Waals surface area (Å²) in [5, 5.41) is 8.44. The SMILES string of the molecule is CCc1ccccc1.Cc1ccc(CC(=O)O)cc1. The molecule has 100 valence electrons. The molecule has 0 aliphatic heterocycles. The van der Waals surface area contributed by atoms with E-state index in [0.717, 1.165) is 17.5 Å². The van der Waals surface area contributed by atoms with Crippen molar-refractivity contribution in [2.75, 3.05) is 0 Å². The number of hydrogen-bond donors (Lipinski definition) is 1. The van der Waals surface area contributed by atoms with Gasteiger partial charge in [-0.2, -0.15) is 0 Å². The summed E-state index contributed by atoms with van der Waals surface area (Å²) in [5.41, 5.74) is 3.41. The fraction of sp³-hybridized carbons (Fsp3) is 0.235. The van der Waals surface area contributed by atoms with Crippen LogP contribution in [0.25, 0.3) is 0 Å². The molecule has 0 atom stereocenters. The topological polar surface area (TPSA) is 37.3 Å². The standard InChI is InChI=1S/C9H10O2.C8H10/c1-7-2-4-8(5-3-7)6-9(10)11;1-2-8-6-4-3-5-7-8/h2-5H,6H2,1H3,(H,10,11);3-7H,2H2,1H3. The van der Waals surface area contributed by atoms with E-state index in [9.17, 15) is 4.79 Å². The third-order valence-electron chi connectivity index (χ3n) is 2.73. The Morgan fingerprint density at radius 1 is 0.947 bits per heavy atom. The number of hydrogen-bond acceptors (Lipinski definition) is 1. The Kier molecular flexibility index (Phi) is 6.37. The molecule has 0 fully saturated rings. The minimum absolute atomic E-state index is 0.111. The molecule has 0 saturated heterocycles. The van der Waals surface area contributed by atoms with Crippen LogP contribution in [0.1, 0.15) is 23.6 Å². The predicted molar refractivity (Wildman–Crippen MR) is 78.3 cm³/mol. The lowest BCUT2D eigenvalue weighted by atomic mass is 10.1. The van der Waals surface area contributed by atoms with Gasteiger partial charge in [-0.25, -0.2) is 0 Å². The third-order valence-corrected chi connectivity index (χ3v) is 2.73. The van der Waals surface area contributed by atoms with Crippen molar-refractivity contribution in [1.29, 1.82) is 0 Å². The number of aryl methyl sites for hydroxylation is 2. The largest absolute Gasteiger partial charge is 0.481 e. The lowest BCUT2D eigenvalue weighted by molar-refractivity contribution is -0.136. The molecule has 2 rings (SSSR count). The zero-order valence-electron chi connectivity index (χ0n) is 11.5. The van der Waals surface area contributed by atoms with Gasteiger partial charge in [-0.05, 0) is 24.5 Å². The van der Waals surface area contributed by atoms with Gasteiger partial charge < -0.3 is 5.11 Å². The summed E-state index contributed by atoms with van der Waals surface area (Å²) in [5.74, 6) is -0.783. The van der Waals surface area contributed by atoms with Crippen molar-refractivity contribution in [1.82, 2.24) is 0 Å². The van der Waals surface area contributed by atoms with Crippen LogP contribution in [-0.4, -0.2) is 11.1 Å². The van der Waals surface area contributed by atoms with E-state index in [-0.39, 0.29) is 6.42 Å². The molecule has 0 spiro atoms. The molecule has 0 radical (unpaired) electrons. The first-order valence-corrected chi connectivity index (χ1v) is 6.43. The molecule has 0 amide bonds. The summed E-state index contributed by atoms with van der Waals surface area (Å²) >= 11 is 0. The summed E-state index contributed by atoms with van der Waals surface area (Å²) in [6, 6.07) is 18.0. The maximum absolute atomic E-state index is 10.3. The molecule has 1 N–H and O–H groups in total. The van der Waals surface area contributed by atoms with Gasteiger partial charge in [0.1, 0.15) is 0 Å². The maximum atomic E-state index is 10.3. The van der Waals surface area contributed by atoms with Crippen molar-refractivity contribution in [2.24, 2.45) is 0 Å². The smallest absolute Gasteiger partial charge is 0.307 e. The van der Waals surface area contributed by atoms with E-state index in [1.54, 1.807) is 0 Å². The molecule has 0 aliphatic rings. The van der Waals surface area contributed by atoms with Gasteiger partial charge in [0.15, 0.2) is 0 Å². The maximum Gasteiger partial charge on any atom is 0.307 e. The summed E-state index contributed by atoms with van der Waals surface area (Å²) in [6.45, 7) is 4.14.